The summed E-state index contributed by atoms with van der Waals surface area (Å²) in [4.78, 5) is 9.40. The summed E-state index contributed by atoms with van der Waals surface area (Å²) in [6.45, 7) is -0.361. The molecule has 0 aromatic heterocycles. The van der Waals surface area contributed by atoms with E-state index in [0.29, 0.717) is 5.56 Å². The first-order valence-corrected chi connectivity index (χ1v) is 5.83. The van der Waals surface area contributed by atoms with Crippen molar-refractivity contribution in [2.45, 2.75) is 11.5 Å². The molecule has 15 heavy (non-hydrogen) atoms. The Morgan fingerprint density at radius 3 is 2.47 bits per heavy atom. The Labute approximate surface area is 86.2 Å². The lowest BCUT2D eigenvalue weighted by atomic mass is 10.2. The van der Waals surface area contributed by atoms with Crippen LogP contribution in [0.5, 0.6) is 0 Å². The number of nitrogens with zero attached hydrogens (tertiary/aromatic N) is 1. The average molecular weight is 231 g/mol. The van der Waals surface area contributed by atoms with Gasteiger partial charge in [-0.3, -0.25) is 10.1 Å². The number of rotatable bonds is 3. The summed E-state index contributed by atoms with van der Waals surface area (Å²) < 4.78 is 22.5. The van der Waals surface area contributed by atoms with Crippen LogP contribution in [0.2, 0.25) is 0 Å². The molecule has 1 aromatic rings. The summed E-state index contributed by atoms with van der Waals surface area (Å²) >= 11 is 0. The van der Waals surface area contributed by atoms with Crippen LogP contribution in [0, 0.1) is 10.1 Å². The van der Waals surface area contributed by atoms with Gasteiger partial charge < -0.3 is 5.11 Å². The third-order valence-corrected chi connectivity index (χ3v) is 2.93. The average Bonchev–Trinajstić information content (AvgIpc) is 2.15. The first-order valence-electron chi connectivity index (χ1n) is 3.94. The molecule has 0 saturated carbocycles. The topological polar surface area (TPSA) is 97.5 Å². The quantitative estimate of drug-likeness (QED) is 0.603. The lowest BCUT2D eigenvalue weighted by Crippen LogP contribution is -2.03. The Morgan fingerprint density at radius 2 is 2.07 bits per heavy atom. The van der Waals surface area contributed by atoms with E-state index in [4.69, 9.17) is 5.11 Å². The number of aliphatic hydroxyl groups is 1. The number of aliphatic hydroxyl groups excluding tert-OH is 1. The van der Waals surface area contributed by atoms with Crippen molar-refractivity contribution in [3.63, 3.8) is 0 Å². The minimum atomic E-state index is -3.66. The SMILES string of the molecule is CS(=O)(=O)c1cc(CO)ccc1[N+](=O)[O-]. The molecule has 0 aliphatic carbocycles. The van der Waals surface area contributed by atoms with Gasteiger partial charge in [-0.2, -0.15) is 0 Å². The second kappa shape index (κ2) is 3.95. The molecule has 0 aliphatic heterocycles. The van der Waals surface area contributed by atoms with Crippen LogP contribution in [-0.4, -0.2) is 24.7 Å². The fourth-order valence-electron chi connectivity index (χ4n) is 1.10. The lowest BCUT2D eigenvalue weighted by Gasteiger charge is -2.02. The van der Waals surface area contributed by atoms with Crippen molar-refractivity contribution in [1.29, 1.82) is 0 Å². The van der Waals surface area contributed by atoms with Crippen LogP contribution in [0.4, 0.5) is 5.69 Å². The normalized spacial score (nSPS) is 11.3. The van der Waals surface area contributed by atoms with Gasteiger partial charge in [-0.25, -0.2) is 8.42 Å². The molecule has 1 N–H and O–H groups in total. The summed E-state index contributed by atoms with van der Waals surface area (Å²) in [5.41, 5.74) is -0.157. The third-order valence-electron chi connectivity index (χ3n) is 1.80. The van der Waals surface area contributed by atoms with E-state index >= 15 is 0 Å². The predicted octanol–water partition coefficient (Wildman–Crippen LogP) is 0.491. The molecule has 0 spiro atoms. The molecule has 7 heteroatoms. The molecule has 0 bridgehead atoms. The maximum absolute atomic E-state index is 11.2. The van der Waals surface area contributed by atoms with Crippen molar-refractivity contribution >= 4 is 15.5 Å². The van der Waals surface area contributed by atoms with E-state index in [-0.39, 0.29) is 11.5 Å². The van der Waals surface area contributed by atoms with Crippen LogP contribution in [0.15, 0.2) is 23.1 Å². The lowest BCUT2D eigenvalue weighted by molar-refractivity contribution is -0.387. The van der Waals surface area contributed by atoms with Gasteiger partial charge >= 0.3 is 0 Å². The maximum Gasteiger partial charge on any atom is 0.287 e. The van der Waals surface area contributed by atoms with Gasteiger partial charge in [0.15, 0.2) is 9.84 Å². The zero-order valence-corrected chi connectivity index (χ0v) is 8.69. The minimum absolute atomic E-state index is 0.320. The molecule has 82 valence electrons. The van der Waals surface area contributed by atoms with Crippen molar-refractivity contribution in [2.75, 3.05) is 6.26 Å². The Kier molecular flexibility index (Phi) is 3.06. The van der Waals surface area contributed by atoms with Crippen molar-refractivity contribution in [3.05, 3.63) is 33.9 Å². The molecule has 1 rings (SSSR count). The Morgan fingerprint density at radius 1 is 1.47 bits per heavy atom. The molecule has 0 aliphatic rings. The predicted molar refractivity (Wildman–Crippen MR) is 52.1 cm³/mol. The van der Waals surface area contributed by atoms with Crippen molar-refractivity contribution < 1.29 is 18.4 Å². The maximum atomic E-state index is 11.2. The summed E-state index contributed by atoms with van der Waals surface area (Å²) in [6, 6.07) is 3.49. The smallest absolute Gasteiger partial charge is 0.287 e. The van der Waals surface area contributed by atoms with E-state index < -0.39 is 20.4 Å². The van der Waals surface area contributed by atoms with Crippen molar-refractivity contribution in [1.82, 2.24) is 0 Å². The van der Waals surface area contributed by atoms with E-state index in [1.807, 2.05) is 0 Å². The van der Waals surface area contributed by atoms with Gasteiger partial charge in [0, 0.05) is 12.3 Å². The Balaban J connectivity index is 3.50. The molecule has 0 atom stereocenters. The molecule has 0 saturated heterocycles. The second-order valence-corrected chi connectivity index (χ2v) is 4.97. The van der Waals surface area contributed by atoms with Gasteiger partial charge in [0.2, 0.25) is 0 Å². The number of sulfone groups is 1. The largest absolute Gasteiger partial charge is 0.392 e. The Bertz CT molecular complexity index is 494. The van der Waals surface area contributed by atoms with E-state index in [9.17, 15) is 18.5 Å². The number of benzene rings is 1. The molecule has 1 aromatic carbocycles. The third kappa shape index (κ3) is 2.51. The van der Waals surface area contributed by atoms with Gasteiger partial charge in [0.05, 0.1) is 11.5 Å². The molecule has 0 amide bonds. The zero-order chi connectivity index (χ0) is 11.6. The van der Waals surface area contributed by atoms with Gasteiger partial charge in [0.25, 0.3) is 5.69 Å². The molecule has 6 nitrogen and oxygen atoms in total. The fraction of sp³-hybridized carbons (Fsp3) is 0.250. The molecular formula is C8H9NO5S. The molecule has 0 heterocycles. The van der Waals surface area contributed by atoms with Crippen molar-refractivity contribution in [3.8, 4) is 0 Å². The summed E-state index contributed by atoms with van der Waals surface area (Å²) in [5, 5.41) is 19.3. The van der Waals surface area contributed by atoms with Gasteiger partial charge in [0.1, 0.15) is 4.90 Å². The highest BCUT2D eigenvalue weighted by atomic mass is 32.2. The molecule has 0 unspecified atom stereocenters. The summed E-state index contributed by atoms with van der Waals surface area (Å²) in [6.07, 6.45) is 0.885. The second-order valence-electron chi connectivity index (χ2n) is 2.99. The van der Waals surface area contributed by atoms with Gasteiger partial charge in [-0.15, -0.1) is 0 Å². The van der Waals surface area contributed by atoms with Crippen LogP contribution >= 0.6 is 0 Å². The summed E-state index contributed by atoms with van der Waals surface area (Å²) in [7, 11) is -3.66. The Hall–Kier alpha value is -1.47. The van der Waals surface area contributed by atoms with Crippen LogP contribution in [0.25, 0.3) is 0 Å². The van der Waals surface area contributed by atoms with E-state index in [0.717, 1.165) is 18.4 Å². The number of nitro benzene ring substituents is 1. The number of hydrogen-bond acceptors (Lipinski definition) is 5. The van der Waals surface area contributed by atoms with Gasteiger partial charge in [-0.1, -0.05) is 0 Å². The monoisotopic (exact) mass is 231 g/mol. The highest BCUT2D eigenvalue weighted by Crippen LogP contribution is 2.24. The number of nitro groups is 1. The highest BCUT2D eigenvalue weighted by molar-refractivity contribution is 7.90. The minimum Gasteiger partial charge on any atom is -0.392 e. The summed E-state index contributed by atoms with van der Waals surface area (Å²) in [5.74, 6) is 0. The van der Waals surface area contributed by atoms with Gasteiger partial charge in [-0.05, 0) is 17.7 Å². The van der Waals surface area contributed by atoms with E-state index in [1.165, 1.54) is 6.07 Å². The van der Waals surface area contributed by atoms with Crippen LogP contribution in [0.1, 0.15) is 5.56 Å². The zero-order valence-electron chi connectivity index (χ0n) is 7.87. The fourth-order valence-corrected chi connectivity index (χ4v) is 1.99. The first-order chi connectivity index (χ1) is 6.86. The first kappa shape index (κ1) is 11.6. The molecule has 0 radical (unpaired) electrons. The van der Waals surface area contributed by atoms with Crippen LogP contribution in [0.3, 0.4) is 0 Å². The standard InChI is InChI=1S/C8H9NO5S/c1-15(13,14)8-4-6(5-10)2-3-7(8)9(11)12/h2-4,10H,5H2,1H3. The molecular weight excluding hydrogens is 222 g/mol. The van der Waals surface area contributed by atoms with Crippen molar-refractivity contribution in [2.24, 2.45) is 0 Å². The number of hydrogen-bond donors (Lipinski definition) is 1. The van der Waals surface area contributed by atoms with Crippen LogP contribution < -0.4 is 0 Å². The van der Waals surface area contributed by atoms with E-state index in [1.54, 1.807) is 0 Å². The molecule has 0 fully saturated rings. The van der Waals surface area contributed by atoms with Crippen LogP contribution in [-0.2, 0) is 16.4 Å². The van der Waals surface area contributed by atoms with E-state index in [2.05, 4.69) is 0 Å². The highest BCUT2D eigenvalue weighted by Gasteiger charge is 2.21.